The molecule has 20 heavy (non-hydrogen) atoms. The molecule has 0 N–H and O–H groups in total. The first kappa shape index (κ1) is 13.4. The second-order valence-electron chi connectivity index (χ2n) is 5.19. The molecule has 1 amide bonds. The lowest BCUT2D eigenvalue weighted by Crippen LogP contribution is -2.51. The highest BCUT2D eigenvalue weighted by Gasteiger charge is 2.37. The number of hydrogen-bond donors (Lipinski definition) is 0. The van der Waals surface area contributed by atoms with Crippen molar-refractivity contribution < 1.29 is 14.3 Å². The number of carbonyl (C=O) groups is 1. The summed E-state index contributed by atoms with van der Waals surface area (Å²) >= 11 is 0. The topological polar surface area (TPSA) is 59.8 Å². The van der Waals surface area contributed by atoms with E-state index in [1.807, 2.05) is 17.3 Å². The second kappa shape index (κ2) is 5.80. The molecule has 3 rings (SSSR count). The van der Waals surface area contributed by atoms with Crippen molar-refractivity contribution in [2.45, 2.75) is 19.1 Å². The standard InChI is InChI=1S/C13H20N4O3/c1-19-7-6-16-3-2-14-12(16)9-15-4-5-17-11(8-15)10-20-13(17)18/h2-3,11H,4-10H2,1H3. The van der Waals surface area contributed by atoms with Gasteiger partial charge in [-0.25, -0.2) is 9.78 Å². The molecule has 7 heteroatoms. The van der Waals surface area contributed by atoms with E-state index in [9.17, 15) is 4.79 Å². The number of fused-ring (bicyclic) bond motifs is 1. The van der Waals surface area contributed by atoms with Crippen LogP contribution in [0.5, 0.6) is 0 Å². The van der Waals surface area contributed by atoms with Crippen molar-refractivity contribution in [3.63, 3.8) is 0 Å². The normalized spacial score (nSPS) is 22.9. The summed E-state index contributed by atoms with van der Waals surface area (Å²) in [5.41, 5.74) is 0. The summed E-state index contributed by atoms with van der Waals surface area (Å²) in [4.78, 5) is 20.0. The van der Waals surface area contributed by atoms with E-state index in [0.29, 0.717) is 13.2 Å². The number of piperazine rings is 1. The predicted octanol–water partition coefficient (Wildman–Crippen LogP) is 0.166. The van der Waals surface area contributed by atoms with E-state index < -0.39 is 0 Å². The van der Waals surface area contributed by atoms with Gasteiger partial charge in [0.05, 0.1) is 19.2 Å². The number of rotatable bonds is 5. The Bertz CT molecular complexity index is 476. The molecule has 0 spiro atoms. The highest BCUT2D eigenvalue weighted by Crippen LogP contribution is 2.18. The number of nitrogens with zero attached hydrogens (tertiary/aromatic N) is 4. The number of aromatic nitrogens is 2. The van der Waals surface area contributed by atoms with E-state index in [2.05, 4.69) is 14.5 Å². The first-order chi connectivity index (χ1) is 9.78. The largest absolute Gasteiger partial charge is 0.447 e. The van der Waals surface area contributed by atoms with E-state index in [4.69, 9.17) is 9.47 Å². The van der Waals surface area contributed by atoms with Crippen molar-refractivity contribution in [2.75, 3.05) is 40.0 Å². The zero-order valence-corrected chi connectivity index (χ0v) is 11.7. The third-order valence-electron chi connectivity index (χ3n) is 3.90. The lowest BCUT2D eigenvalue weighted by molar-refractivity contribution is 0.112. The van der Waals surface area contributed by atoms with Gasteiger partial charge >= 0.3 is 6.09 Å². The Hall–Kier alpha value is -1.60. The monoisotopic (exact) mass is 280 g/mol. The average molecular weight is 280 g/mol. The van der Waals surface area contributed by atoms with Gasteiger partial charge in [-0.2, -0.15) is 0 Å². The molecular weight excluding hydrogens is 260 g/mol. The van der Waals surface area contributed by atoms with Crippen molar-refractivity contribution in [3.8, 4) is 0 Å². The first-order valence-electron chi connectivity index (χ1n) is 6.92. The molecule has 1 unspecified atom stereocenters. The summed E-state index contributed by atoms with van der Waals surface area (Å²) in [6.07, 6.45) is 3.63. The number of methoxy groups -OCH3 is 1. The zero-order valence-electron chi connectivity index (χ0n) is 11.7. The molecular formula is C13H20N4O3. The fourth-order valence-corrected chi connectivity index (χ4v) is 2.78. The molecule has 1 aromatic rings. The van der Waals surface area contributed by atoms with Gasteiger partial charge in [0.15, 0.2) is 0 Å². The van der Waals surface area contributed by atoms with Crippen LogP contribution >= 0.6 is 0 Å². The van der Waals surface area contributed by atoms with Crippen LogP contribution in [0.4, 0.5) is 4.79 Å². The lowest BCUT2D eigenvalue weighted by atomic mass is 10.2. The van der Waals surface area contributed by atoms with E-state index in [1.165, 1.54) is 0 Å². The Morgan fingerprint density at radius 1 is 1.50 bits per heavy atom. The van der Waals surface area contributed by atoms with Crippen molar-refractivity contribution in [1.82, 2.24) is 19.4 Å². The van der Waals surface area contributed by atoms with Gasteiger partial charge in [-0.15, -0.1) is 0 Å². The molecule has 0 saturated carbocycles. The summed E-state index contributed by atoms with van der Waals surface area (Å²) in [5.74, 6) is 1.04. The van der Waals surface area contributed by atoms with Gasteiger partial charge in [-0.3, -0.25) is 9.80 Å². The minimum Gasteiger partial charge on any atom is -0.447 e. The summed E-state index contributed by atoms with van der Waals surface area (Å²) in [6, 6.07) is 0.193. The maximum Gasteiger partial charge on any atom is 0.410 e. The first-order valence-corrected chi connectivity index (χ1v) is 6.92. The number of ether oxygens (including phenoxy) is 2. The lowest BCUT2D eigenvalue weighted by Gasteiger charge is -2.35. The Morgan fingerprint density at radius 2 is 2.40 bits per heavy atom. The highest BCUT2D eigenvalue weighted by molar-refractivity contribution is 5.70. The van der Waals surface area contributed by atoms with Gasteiger partial charge in [0.25, 0.3) is 0 Å². The molecule has 0 aliphatic carbocycles. The molecule has 0 aromatic carbocycles. The molecule has 1 aromatic heterocycles. The zero-order chi connectivity index (χ0) is 13.9. The highest BCUT2D eigenvalue weighted by atomic mass is 16.6. The minimum absolute atomic E-state index is 0.170. The third kappa shape index (κ3) is 2.64. The Labute approximate surface area is 118 Å². The van der Waals surface area contributed by atoms with Crippen LogP contribution in [0.2, 0.25) is 0 Å². The maximum atomic E-state index is 11.5. The van der Waals surface area contributed by atoms with Crippen LogP contribution in [0, 0.1) is 0 Å². The number of hydrogen-bond acceptors (Lipinski definition) is 5. The van der Waals surface area contributed by atoms with Gasteiger partial charge in [0, 0.05) is 45.7 Å². The third-order valence-corrected chi connectivity index (χ3v) is 3.90. The SMILES string of the molecule is COCCn1ccnc1CN1CCN2C(=O)OCC2C1. The Balaban J connectivity index is 1.59. The van der Waals surface area contributed by atoms with Crippen LogP contribution in [0.1, 0.15) is 5.82 Å². The molecule has 2 fully saturated rings. The quantitative estimate of drug-likeness (QED) is 0.769. The van der Waals surface area contributed by atoms with Gasteiger partial charge in [-0.05, 0) is 0 Å². The fraction of sp³-hybridized carbons (Fsp3) is 0.692. The van der Waals surface area contributed by atoms with Gasteiger partial charge < -0.3 is 14.0 Å². The number of amides is 1. The molecule has 0 radical (unpaired) electrons. The summed E-state index contributed by atoms with van der Waals surface area (Å²) in [5, 5.41) is 0. The Kier molecular flexibility index (Phi) is 3.88. The van der Waals surface area contributed by atoms with Crippen LogP contribution in [-0.4, -0.2) is 71.4 Å². The molecule has 2 aliphatic heterocycles. The maximum absolute atomic E-state index is 11.5. The average Bonchev–Trinajstić information content (AvgIpc) is 3.04. The summed E-state index contributed by atoms with van der Waals surface area (Å²) in [7, 11) is 1.70. The van der Waals surface area contributed by atoms with Crippen LogP contribution < -0.4 is 0 Å². The number of imidazole rings is 1. The van der Waals surface area contributed by atoms with Crippen molar-refractivity contribution in [2.24, 2.45) is 0 Å². The molecule has 3 heterocycles. The van der Waals surface area contributed by atoms with Crippen LogP contribution in [-0.2, 0) is 22.6 Å². The van der Waals surface area contributed by atoms with Crippen LogP contribution in [0.15, 0.2) is 12.4 Å². The van der Waals surface area contributed by atoms with Crippen molar-refractivity contribution >= 4 is 6.09 Å². The van der Waals surface area contributed by atoms with E-state index >= 15 is 0 Å². The molecule has 0 bridgehead atoms. The van der Waals surface area contributed by atoms with Crippen molar-refractivity contribution in [3.05, 3.63) is 18.2 Å². The van der Waals surface area contributed by atoms with E-state index in [1.54, 1.807) is 7.11 Å². The molecule has 2 aliphatic rings. The number of carbonyl (C=O) groups excluding carboxylic acids is 1. The smallest absolute Gasteiger partial charge is 0.410 e. The van der Waals surface area contributed by atoms with Gasteiger partial charge in [-0.1, -0.05) is 0 Å². The van der Waals surface area contributed by atoms with E-state index in [-0.39, 0.29) is 12.1 Å². The van der Waals surface area contributed by atoms with Crippen LogP contribution in [0.25, 0.3) is 0 Å². The summed E-state index contributed by atoms with van der Waals surface area (Å²) in [6.45, 7) is 5.26. The second-order valence-corrected chi connectivity index (χ2v) is 5.19. The van der Waals surface area contributed by atoms with E-state index in [0.717, 1.165) is 38.5 Å². The van der Waals surface area contributed by atoms with Crippen molar-refractivity contribution in [1.29, 1.82) is 0 Å². The minimum atomic E-state index is -0.170. The van der Waals surface area contributed by atoms with Gasteiger partial charge in [0.2, 0.25) is 0 Å². The number of cyclic esters (lactones) is 1. The molecule has 1 atom stereocenters. The molecule has 7 nitrogen and oxygen atoms in total. The van der Waals surface area contributed by atoms with Gasteiger partial charge in [0.1, 0.15) is 12.4 Å². The summed E-state index contributed by atoms with van der Waals surface area (Å²) < 4.78 is 12.3. The molecule has 2 saturated heterocycles. The molecule has 110 valence electrons. The fourth-order valence-electron chi connectivity index (χ4n) is 2.78. The van der Waals surface area contributed by atoms with Crippen LogP contribution in [0.3, 0.4) is 0 Å². The Morgan fingerprint density at radius 3 is 3.25 bits per heavy atom. The predicted molar refractivity (Wildman–Crippen MR) is 71.2 cm³/mol.